The largest absolute Gasteiger partial charge is 0.454 e. The van der Waals surface area contributed by atoms with E-state index in [1.807, 2.05) is 30.3 Å². The smallest absolute Gasteiger partial charge is 0.338 e. The number of nitriles is 2. The molecule has 1 fully saturated rings. The molecule has 1 saturated heterocycles. The van der Waals surface area contributed by atoms with Gasteiger partial charge in [0.05, 0.1) is 22.1 Å². The molecular weight excluding hydrogens is 659 g/mol. The summed E-state index contributed by atoms with van der Waals surface area (Å²) in [5, 5.41) is 20.8. The summed E-state index contributed by atoms with van der Waals surface area (Å²) in [5.41, 5.74) is 11.9. The van der Waals surface area contributed by atoms with Crippen LogP contribution in [0.15, 0.2) is 89.3 Å². The summed E-state index contributed by atoms with van der Waals surface area (Å²) in [4.78, 5) is 58.1. The maximum Gasteiger partial charge on any atom is 0.338 e. The summed E-state index contributed by atoms with van der Waals surface area (Å²) >= 11 is 2.27. The first-order valence-electron chi connectivity index (χ1n) is 15.0. The number of pyridine rings is 1. The van der Waals surface area contributed by atoms with E-state index in [-0.39, 0.29) is 45.4 Å². The second kappa shape index (κ2) is 12.8. The number of rotatable bonds is 8. The molecule has 1 atom stereocenters. The third kappa shape index (κ3) is 5.74. The predicted octanol–water partition coefficient (Wildman–Crippen LogP) is 6.17. The molecule has 0 spiro atoms. The highest BCUT2D eigenvalue weighted by atomic mass is 32.2. The summed E-state index contributed by atoms with van der Waals surface area (Å²) in [6, 6.07) is 27.0. The quantitative estimate of drug-likeness (QED) is 0.111. The van der Waals surface area contributed by atoms with E-state index in [9.17, 15) is 29.7 Å². The Kier molecular flexibility index (Phi) is 8.26. The van der Waals surface area contributed by atoms with Crippen LogP contribution in [-0.4, -0.2) is 40.4 Å². The second-order valence-corrected chi connectivity index (χ2v) is 13.4. The number of benzene rings is 3. The van der Waals surface area contributed by atoms with Crippen LogP contribution in [0.4, 0.5) is 11.5 Å². The van der Waals surface area contributed by atoms with Crippen LogP contribution in [0.25, 0.3) is 21.6 Å². The molecule has 2 N–H and O–H groups in total. The van der Waals surface area contributed by atoms with Gasteiger partial charge in [0, 0.05) is 22.4 Å². The number of carbonyl (C=O) groups is 4. The molecule has 12 heteroatoms. The average molecular weight is 682 g/mol. The van der Waals surface area contributed by atoms with Gasteiger partial charge in [0.2, 0.25) is 11.8 Å². The normalized spacial score (nSPS) is 14.6. The highest BCUT2D eigenvalue weighted by molar-refractivity contribution is 8.00. The molecule has 2 aromatic heterocycles. The highest BCUT2D eigenvalue weighted by Crippen LogP contribution is 2.41. The van der Waals surface area contributed by atoms with Crippen LogP contribution in [-0.2, 0) is 20.7 Å². The van der Waals surface area contributed by atoms with Gasteiger partial charge in [0.15, 0.2) is 12.4 Å². The van der Waals surface area contributed by atoms with Crippen molar-refractivity contribution in [3.8, 4) is 33.7 Å². The fourth-order valence-electron chi connectivity index (χ4n) is 6.02. The molecular formula is C37H23N5O5S2. The second-order valence-electron chi connectivity index (χ2n) is 11.3. The molecule has 7 rings (SSSR count). The molecule has 0 radical (unpaired) electrons. The number of hydrogen-bond acceptors (Lipinski definition) is 11. The number of nitrogen functional groups attached to an aromatic ring is 1. The van der Waals surface area contributed by atoms with Crippen LogP contribution in [0.3, 0.4) is 0 Å². The molecule has 2 aliphatic rings. The Bertz CT molecular complexity index is 2290. The zero-order chi connectivity index (χ0) is 34.2. The van der Waals surface area contributed by atoms with Crippen molar-refractivity contribution >= 4 is 58.2 Å². The number of esters is 1. The van der Waals surface area contributed by atoms with Crippen molar-refractivity contribution in [3.05, 3.63) is 118 Å². The van der Waals surface area contributed by atoms with E-state index in [2.05, 4.69) is 23.2 Å². The van der Waals surface area contributed by atoms with Gasteiger partial charge >= 0.3 is 5.97 Å². The Morgan fingerprint density at radius 1 is 0.939 bits per heavy atom. The van der Waals surface area contributed by atoms with Gasteiger partial charge in [0.1, 0.15) is 28.5 Å². The highest BCUT2D eigenvalue weighted by Gasteiger charge is 2.41. The Hall–Kier alpha value is -6.08. The van der Waals surface area contributed by atoms with E-state index in [1.165, 1.54) is 41.2 Å². The molecule has 3 heterocycles. The number of thioether (sulfide) groups is 1. The fraction of sp³-hybridized carbons (Fsp3) is 0.108. The predicted molar refractivity (Wildman–Crippen MR) is 184 cm³/mol. The van der Waals surface area contributed by atoms with Crippen molar-refractivity contribution in [3.63, 3.8) is 0 Å². The first-order chi connectivity index (χ1) is 23.8. The van der Waals surface area contributed by atoms with Crippen molar-refractivity contribution in [2.24, 2.45) is 0 Å². The molecule has 10 nitrogen and oxygen atoms in total. The van der Waals surface area contributed by atoms with Gasteiger partial charge in [-0.1, -0.05) is 54.2 Å². The fourth-order valence-corrected chi connectivity index (χ4v) is 7.92. The van der Waals surface area contributed by atoms with Crippen molar-refractivity contribution in [1.29, 1.82) is 10.5 Å². The molecule has 1 aliphatic carbocycles. The van der Waals surface area contributed by atoms with Crippen LogP contribution in [0.5, 0.6) is 0 Å². The molecule has 3 aromatic carbocycles. The van der Waals surface area contributed by atoms with E-state index in [0.29, 0.717) is 16.0 Å². The van der Waals surface area contributed by atoms with Gasteiger partial charge in [-0.05, 0) is 70.5 Å². The van der Waals surface area contributed by atoms with Crippen molar-refractivity contribution in [1.82, 2.24) is 4.98 Å². The summed E-state index contributed by atoms with van der Waals surface area (Å²) in [6.07, 6.45) is 0.573. The number of aromatic nitrogens is 1. The molecule has 0 bridgehead atoms. The number of amides is 2. The van der Waals surface area contributed by atoms with Gasteiger partial charge in [-0.2, -0.15) is 10.5 Å². The average Bonchev–Trinajstić information content (AvgIpc) is 3.84. The standard InChI is InChI=1S/C37H23N5O5S2/c38-17-27-33(30-6-3-13-48-30)28(18-39)35(41-34(27)40)49-31-16-32(44)42(36(31)45)24-10-7-20(8-11-24)37(46)47-19-29(43)22-9-12-26-23(15-22)14-21-4-1-2-5-25(21)26/h1-13,15,31H,14,16,19H2,(H2,40,41). The first kappa shape index (κ1) is 31.5. The minimum atomic E-state index is -0.903. The summed E-state index contributed by atoms with van der Waals surface area (Å²) in [5.74, 6) is -2.14. The van der Waals surface area contributed by atoms with Gasteiger partial charge in [-0.15, -0.1) is 11.3 Å². The van der Waals surface area contributed by atoms with Crippen LogP contribution in [0, 0.1) is 22.7 Å². The number of Topliss-reactive ketones (excluding diaryl/α,β-unsaturated/α-hetero) is 1. The van der Waals surface area contributed by atoms with Crippen molar-refractivity contribution in [2.75, 3.05) is 17.2 Å². The van der Waals surface area contributed by atoms with Gasteiger partial charge in [0.25, 0.3) is 0 Å². The zero-order valence-corrected chi connectivity index (χ0v) is 27.1. The molecule has 5 aromatic rings. The number of imide groups is 1. The van der Waals surface area contributed by atoms with E-state index >= 15 is 0 Å². The number of ketones is 1. The van der Waals surface area contributed by atoms with E-state index in [4.69, 9.17) is 10.5 Å². The van der Waals surface area contributed by atoms with Gasteiger partial charge in [-0.25, -0.2) is 14.7 Å². The maximum atomic E-state index is 13.5. The topological polar surface area (TPSA) is 167 Å². The number of anilines is 2. The van der Waals surface area contributed by atoms with Crippen molar-refractivity contribution < 1.29 is 23.9 Å². The Balaban J connectivity index is 1.02. The number of nitrogens with two attached hydrogens (primary N) is 1. The maximum absolute atomic E-state index is 13.5. The molecule has 0 saturated carbocycles. The van der Waals surface area contributed by atoms with Crippen LogP contribution >= 0.6 is 23.1 Å². The third-order valence-electron chi connectivity index (χ3n) is 8.35. The monoisotopic (exact) mass is 681 g/mol. The molecule has 2 amide bonds. The van der Waals surface area contributed by atoms with Gasteiger partial charge < -0.3 is 10.5 Å². The van der Waals surface area contributed by atoms with Crippen LogP contribution in [0.2, 0.25) is 0 Å². The van der Waals surface area contributed by atoms with E-state index < -0.39 is 29.6 Å². The Morgan fingerprint density at radius 3 is 2.41 bits per heavy atom. The molecule has 1 aliphatic heterocycles. The van der Waals surface area contributed by atoms with Gasteiger partial charge in [-0.3, -0.25) is 14.4 Å². The van der Waals surface area contributed by atoms with Crippen LogP contribution in [0.1, 0.15) is 49.4 Å². The number of thiophene rings is 1. The lowest BCUT2D eigenvalue weighted by Gasteiger charge is -2.16. The lowest BCUT2D eigenvalue weighted by Crippen LogP contribution is -2.31. The summed E-state index contributed by atoms with van der Waals surface area (Å²) in [6.45, 7) is -0.443. The Morgan fingerprint density at radius 2 is 1.67 bits per heavy atom. The minimum absolute atomic E-state index is 0.0661. The van der Waals surface area contributed by atoms with Crippen LogP contribution < -0.4 is 10.6 Å². The lowest BCUT2D eigenvalue weighted by molar-refractivity contribution is -0.121. The number of hydrogen-bond donors (Lipinski definition) is 1. The Labute approximate surface area is 288 Å². The van der Waals surface area contributed by atoms with E-state index in [0.717, 1.165) is 39.8 Å². The third-order valence-corrected chi connectivity index (χ3v) is 10.4. The SMILES string of the molecule is N#Cc1c(N)nc(SC2CC(=O)N(c3ccc(C(=O)OCC(=O)c4ccc5c(c4)Cc4ccccc4-5)cc3)C2=O)c(C#N)c1-c1cccs1. The molecule has 49 heavy (non-hydrogen) atoms. The number of fused-ring (bicyclic) bond motifs is 3. The summed E-state index contributed by atoms with van der Waals surface area (Å²) < 4.78 is 5.30. The number of ether oxygens (including phenoxy) is 1. The molecule has 238 valence electrons. The lowest BCUT2D eigenvalue weighted by atomic mass is 10.0. The minimum Gasteiger partial charge on any atom is -0.454 e. The first-order valence-corrected chi connectivity index (χ1v) is 16.8. The number of carbonyl (C=O) groups excluding carboxylic acids is 4. The number of nitrogens with zero attached hydrogens (tertiary/aromatic N) is 4. The summed E-state index contributed by atoms with van der Waals surface area (Å²) in [7, 11) is 0. The van der Waals surface area contributed by atoms with E-state index in [1.54, 1.807) is 23.6 Å². The zero-order valence-electron chi connectivity index (χ0n) is 25.5. The van der Waals surface area contributed by atoms with Crippen molar-refractivity contribution in [2.45, 2.75) is 23.1 Å². The molecule has 1 unspecified atom stereocenters.